The first-order chi connectivity index (χ1) is 4.22. The Morgan fingerprint density at radius 3 is 2.33 bits per heavy atom. The van der Waals surface area contributed by atoms with Gasteiger partial charge in [-0.1, -0.05) is 6.92 Å². The van der Waals surface area contributed by atoms with Gasteiger partial charge in [-0.25, -0.2) is 0 Å². The predicted octanol–water partition coefficient (Wildman–Crippen LogP) is 0.431. The summed E-state index contributed by atoms with van der Waals surface area (Å²) >= 11 is 0. The van der Waals surface area contributed by atoms with Crippen LogP contribution in [-0.4, -0.2) is 18.9 Å². The Balaban J connectivity index is 2.32. The molecule has 52 valence electrons. The smallest absolute Gasteiger partial charge is 0.133 e. The second-order valence-corrected chi connectivity index (χ2v) is 2.82. The summed E-state index contributed by atoms with van der Waals surface area (Å²) in [5.41, 5.74) is 0. The van der Waals surface area contributed by atoms with Crippen molar-refractivity contribution in [3.05, 3.63) is 0 Å². The molecule has 1 fully saturated rings. The third-order valence-electron chi connectivity index (χ3n) is 2.16. The van der Waals surface area contributed by atoms with Crippen molar-refractivity contribution in [1.82, 2.24) is 5.32 Å². The molecular weight excluding hydrogens is 114 g/mol. The SMILES string of the molecule is CC(=O)C(C)C1CNC1. The van der Waals surface area contributed by atoms with Gasteiger partial charge in [-0.15, -0.1) is 0 Å². The first-order valence-electron chi connectivity index (χ1n) is 3.43. The van der Waals surface area contributed by atoms with Crippen molar-refractivity contribution in [3.8, 4) is 0 Å². The lowest BCUT2D eigenvalue weighted by Gasteiger charge is -2.30. The molecule has 1 rings (SSSR count). The van der Waals surface area contributed by atoms with Crippen LogP contribution in [0.15, 0.2) is 0 Å². The summed E-state index contributed by atoms with van der Waals surface area (Å²) in [6, 6.07) is 0. The van der Waals surface area contributed by atoms with Gasteiger partial charge in [0.25, 0.3) is 0 Å². The zero-order chi connectivity index (χ0) is 6.85. The Morgan fingerprint density at radius 1 is 1.67 bits per heavy atom. The summed E-state index contributed by atoms with van der Waals surface area (Å²) in [5.74, 6) is 1.20. The van der Waals surface area contributed by atoms with Gasteiger partial charge in [0.1, 0.15) is 5.78 Å². The molecular formula is C7H13NO. The molecule has 0 aromatic carbocycles. The number of nitrogens with one attached hydrogen (secondary N) is 1. The maximum absolute atomic E-state index is 10.8. The van der Waals surface area contributed by atoms with E-state index in [2.05, 4.69) is 5.32 Å². The van der Waals surface area contributed by atoms with Gasteiger partial charge in [0.2, 0.25) is 0 Å². The lowest BCUT2D eigenvalue weighted by molar-refractivity contribution is -0.122. The molecule has 2 nitrogen and oxygen atoms in total. The van der Waals surface area contributed by atoms with E-state index in [1.807, 2.05) is 6.92 Å². The number of carbonyl (C=O) groups excluding carboxylic acids is 1. The lowest BCUT2D eigenvalue weighted by atomic mass is 9.86. The molecule has 0 saturated carbocycles. The average molecular weight is 127 g/mol. The van der Waals surface area contributed by atoms with Crippen LogP contribution < -0.4 is 5.32 Å². The second-order valence-electron chi connectivity index (χ2n) is 2.82. The highest BCUT2D eigenvalue weighted by Crippen LogP contribution is 2.15. The average Bonchev–Trinajstić information content (AvgIpc) is 1.60. The third kappa shape index (κ3) is 1.30. The van der Waals surface area contributed by atoms with E-state index in [1.165, 1.54) is 0 Å². The van der Waals surface area contributed by atoms with Crippen LogP contribution in [0, 0.1) is 11.8 Å². The van der Waals surface area contributed by atoms with E-state index < -0.39 is 0 Å². The topological polar surface area (TPSA) is 29.1 Å². The van der Waals surface area contributed by atoms with E-state index >= 15 is 0 Å². The van der Waals surface area contributed by atoms with Crippen molar-refractivity contribution in [3.63, 3.8) is 0 Å². The quantitative estimate of drug-likeness (QED) is 0.583. The molecule has 1 N–H and O–H groups in total. The van der Waals surface area contributed by atoms with E-state index in [1.54, 1.807) is 6.92 Å². The Labute approximate surface area is 55.6 Å². The third-order valence-corrected chi connectivity index (χ3v) is 2.16. The van der Waals surface area contributed by atoms with E-state index in [-0.39, 0.29) is 5.92 Å². The van der Waals surface area contributed by atoms with Gasteiger partial charge >= 0.3 is 0 Å². The molecule has 0 aromatic rings. The Morgan fingerprint density at radius 2 is 2.22 bits per heavy atom. The van der Waals surface area contributed by atoms with Crippen LogP contribution in [0.1, 0.15) is 13.8 Å². The molecule has 1 heterocycles. The zero-order valence-corrected chi connectivity index (χ0v) is 5.98. The standard InChI is InChI=1S/C7H13NO/c1-5(6(2)9)7-3-8-4-7/h5,7-8H,3-4H2,1-2H3. The van der Waals surface area contributed by atoms with Crippen LogP contribution in [0.2, 0.25) is 0 Å². The van der Waals surface area contributed by atoms with Gasteiger partial charge < -0.3 is 5.32 Å². The number of ketones is 1. The monoisotopic (exact) mass is 127 g/mol. The van der Waals surface area contributed by atoms with Crippen LogP contribution in [0.25, 0.3) is 0 Å². The summed E-state index contributed by atoms with van der Waals surface area (Å²) in [6.45, 7) is 5.73. The van der Waals surface area contributed by atoms with Crippen LogP contribution in [-0.2, 0) is 4.79 Å². The fourth-order valence-electron chi connectivity index (χ4n) is 0.996. The Bertz CT molecular complexity index is 118. The van der Waals surface area contributed by atoms with E-state index in [9.17, 15) is 4.79 Å². The summed E-state index contributed by atoms with van der Waals surface area (Å²) in [4.78, 5) is 10.8. The van der Waals surface area contributed by atoms with Crippen LogP contribution >= 0.6 is 0 Å². The minimum absolute atomic E-state index is 0.270. The predicted molar refractivity (Wildman–Crippen MR) is 36.2 cm³/mol. The minimum atomic E-state index is 0.270. The van der Waals surface area contributed by atoms with Crippen LogP contribution in [0.3, 0.4) is 0 Å². The number of hydrogen-bond donors (Lipinski definition) is 1. The highest BCUT2D eigenvalue weighted by atomic mass is 16.1. The normalized spacial score (nSPS) is 22.9. The van der Waals surface area contributed by atoms with Crippen molar-refractivity contribution < 1.29 is 4.79 Å². The van der Waals surface area contributed by atoms with Crippen molar-refractivity contribution >= 4 is 5.78 Å². The molecule has 0 spiro atoms. The van der Waals surface area contributed by atoms with E-state index in [0.717, 1.165) is 13.1 Å². The highest BCUT2D eigenvalue weighted by Gasteiger charge is 2.25. The Kier molecular flexibility index (Phi) is 1.86. The lowest BCUT2D eigenvalue weighted by Crippen LogP contribution is -2.47. The number of rotatable bonds is 2. The first kappa shape index (κ1) is 6.75. The molecule has 0 radical (unpaired) electrons. The van der Waals surface area contributed by atoms with Crippen LogP contribution in [0.4, 0.5) is 0 Å². The fourth-order valence-corrected chi connectivity index (χ4v) is 0.996. The molecule has 1 unspecified atom stereocenters. The molecule has 2 heteroatoms. The Hall–Kier alpha value is -0.370. The first-order valence-corrected chi connectivity index (χ1v) is 3.43. The summed E-state index contributed by atoms with van der Waals surface area (Å²) in [6.07, 6.45) is 0. The molecule has 1 atom stereocenters. The molecule has 1 aliphatic rings. The summed E-state index contributed by atoms with van der Waals surface area (Å²) < 4.78 is 0. The number of carbonyl (C=O) groups is 1. The maximum atomic E-state index is 10.8. The second kappa shape index (κ2) is 2.48. The van der Waals surface area contributed by atoms with E-state index in [4.69, 9.17) is 0 Å². The summed E-state index contributed by atoms with van der Waals surface area (Å²) in [5, 5.41) is 3.14. The van der Waals surface area contributed by atoms with Crippen molar-refractivity contribution in [2.75, 3.05) is 13.1 Å². The van der Waals surface area contributed by atoms with Gasteiger partial charge in [-0.05, 0) is 25.9 Å². The van der Waals surface area contributed by atoms with Gasteiger partial charge in [0.05, 0.1) is 0 Å². The van der Waals surface area contributed by atoms with Crippen molar-refractivity contribution in [1.29, 1.82) is 0 Å². The molecule has 0 bridgehead atoms. The number of hydrogen-bond acceptors (Lipinski definition) is 2. The highest BCUT2D eigenvalue weighted by molar-refractivity contribution is 5.78. The molecule has 1 saturated heterocycles. The van der Waals surface area contributed by atoms with Crippen LogP contribution in [0.5, 0.6) is 0 Å². The van der Waals surface area contributed by atoms with Crippen molar-refractivity contribution in [2.45, 2.75) is 13.8 Å². The molecule has 0 aromatic heterocycles. The molecule has 0 amide bonds. The largest absolute Gasteiger partial charge is 0.316 e. The van der Waals surface area contributed by atoms with Gasteiger partial charge in [-0.2, -0.15) is 0 Å². The molecule has 9 heavy (non-hydrogen) atoms. The minimum Gasteiger partial charge on any atom is -0.316 e. The maximum Gasteiger partial charge on any atom is 0.133 e. The zero-order valence-electron chi connectivity index (χ0n) is 5.98. The van der Waals surface area contributed by atoms with Gasteiger partial charge in [0, 0.05) is 5.92 Å². The van der Waals surface area contributed by atoms with Gasteiger partial charge in [-0.3, -0.25) is 4.79 Å². The summed E-state index contributed by atoms with van der Waals surface area (Å²) in [7, 11) is 0. The van der Waals surface area contributed by atoms with Crippen molar-refractivity contribution in [2.24, 2.45) is 11.8 Å². The van der Waals surface area contributed by atoms with E-state index in [0.29, 0.717) is 11.7 Å². The fraction of sp³-hybridized carbons (Fsp3) is 0.857. The number of Topliss-reactive ketones (excluding diaryl/α,β-unsaturated/α-hetero) is 1. The van der Waals surface area contributed by atoms with Gasteiger partial charge in [0.15, 0.2) is 0 Å². The molecule has 1 aliphatic heterocycles. The molecule has 0 aliphatic carbocycles.